The summed E-state index contributed by atoms with van der Waals surface area (Å²) in [6, 6.07) is 14.8. The lowest BCUT2D eigenvalue weighted by Crippen LogP contribution is -2.33. The number of benzene rings is 3. The van der Waals surface area contributed by atoms with Crippen LogP contribution in [0.25, 0.3) is 32.9 Å². The van der Waals surface area contributed by atoms with Crippen LogP contribution in [-0.4, -0.2) is 73.4 Å². The van der Waals surface area contributed by atoms with E-state index >= 15 is 0 Å². The molecule has 0 fully saturated rings. The maximum Gasteiger partial charge on any atom is 0.259 e. The van der Waals surface area contributed by atoms with Gasteiger partial charge in [0.1, 0.15) is 5.75 Å². The lowest BCUT2D eigenvalue weighted by Gasteiger charge is -2.20. The fourth-order valence-corrected chi connectivity index (χ4v) is 5.30. The van der Waals surface area contributed by atoms with Crippen molar-refractivity contribution in [1.29, 1.82) is 0 Å². The number of rotatable bonds is 8. The van der Waals surface area contributed by atoms with Gasteiger partial charge in [0.05, 0.1) is 23.8 Å². The van der Waals surface area contributed by atoms with Gasteiger partial charge in [-0.05, 0) is 50.0 Å². The summed E-state index contributed by atoms with van der Waals surface area (Å²) >= 11 is 6.55. The summed E-state index contributed by atoms with van der Waals surface area (Å²) in [7, 11) is 7.33. The number of amides is 3. The first-order valence-electron chi connectivity index (χ1n) is 12.4. The zero-order valence-corrected chi connectivity index (χ0v) is 22.6. The van der Waals surface area contributed by atoms with Gasteiger partial charge in [0, 0.05) is 60.0 Å². The summed E-state index contributed by atoms with van der Waals surface area (Å²) in [4.78, 5) is 43.0. The largest absolute Gasteiger partial charge is 0.497 e. The Hall–Kier alpha value is -3.88. The zero-order valence-electron chi connectivity index (χ0n) is 21.8. The van der Waals surface area contributed by atoms with Crippen LogP contribution in [0.2, 0.25) is 5.02 Å². The number of aromatic nitrogens is 1. The number of hydrogen-bond acceptors (Lipinski definition) is 5. The van der Waals surface area contributed by atoms with Gasteiger partial charge in [-0.1, -0.05) is 29.8 Å². The number of carbonyl (C=O) groups excluding carboxylic acids is 3. The van der Waals surface area contributed by atoms with Crippen LogP contribution in [0, 0.1) is 0 Å². The molecule has 1 aliphatic heterocycles. The average Bonchev–Trinajstić information content (AvgIpc) is 3.37. The lowest BCUT2D eigenvalue weighted by atomic mass is 9.93. The smallest absolute Gasteiger partial charge is 0.259 e. The molecule has 1 N–H and O–H groups in total. The van der Waals surface area contributed by atoms with E-state index in [2.05, 4.69) is 5.32 Å². The van der Waals surface area contributed by atoms with Crippen molar-refractivity contribution in [1.82, 2.24) is 19.7 Å². The second kappa shape index (κ2) is 10.1. The van der Waals surface area contributed by atoms with Gasteiger partial charge >= 0.3 is 0 Å². The van der Waals surface area contributed by atoms with Crippen molar-refractivity contribution < 1.29 is 19.1 Å². The molecule has 1 aliphatic rings. The Labute approximate surface area is 225 Å². The number of nitrogens with zero attached hydrogens (tertiary/aromatic N) is 3. The van der Waals surface area contributed by atoms with Gasteiger partial charge < -0.3 is 19.1 Å². The van der Waals surface area contributed by atoms with E-state index in [0.29, 0.717) is 51.5 Å². The highest BCUT2D eigenvalue weighted by Crippen LogP contribution is 2.42. The van der Waals surface area contributed by atoms with Gasteiger partial charge in [0.15, 0.2) is 0 Å². The number of imide groups is 1. The average molecular weight is 533 g/mol. The minimum absolute atomic E-state index is 0.0239. The van der Waals surface area contributed by atoms with Crippen molar-refractivity contribution in [2.75, 3.05) is 41.3 Å². The van der Waals surface area contributed by atoms with Crippen LogP contribution in [0.1, 0.15) is 27.1 Å². The first kappa shape index (κ1) is 25.8. The molecule has 196 valence electrons. The number of hydrogen-bond donors (Lipinski definition) is 1. The van der Waals surface area contributed by atoms with Crippen molar-refractivity contribution in [2.24, 2.45) is 0 Å². The molecule has 0 saturated heterocycles. The third kappa shape index (κ3) is 4.40. The van der Waals surface area contributed by atoms with Crippen molar-refractivity contribution in [3.8, 4) is 16.9 Å². The van der Waals surface area contributed by atoms with Crippen LogP contribution in [0.15, 0.2) is 48.5 Å². The number of methoxy groups -OCH3 is 1. The first-order valence-corrected chi connectivity index (χ1v) is 12.7. The molecule has 3 aromatic carbocycles. The third-order valence-electron chi connectivity index (χ3n) is 7.06. The molecule has 9 heteroatoms. The van der Waals surface area contributed by atoms with E-state index in [4.69, 9.17) is 16.3 Å². The summed E-state index contributed by atoms with van der Waals surface area (Å²) in [5, 5.41) is 4.38. The molecule has 0 atom stereocenters. The second-order valence-corrected chi connectivity index (χ2v) is 10.1. The summed E-state index contributed by atoms with van der Waals surface area (Å²) in [6.45, 7) is 1.80. The normalized spacial score (nSPS) is 12.9. The Morgan fingerprint density at radius 3 is 2.39 bits per heavy atom. The molecule has 0 aliphatic carbocycles. The van der Waals surface area contributed by atoms with Crippen molar-refractivity contribution in [2.45, 2.75) is 13.0 Å². The molecule has 3 amide bonds. The number of ether oxygens (including phenoxy) is 1. The molecule has 0 unspecified atom stereocenters. The molecule has 4 aromatic rings. The second-order valence-electron chi connectivity index (χ2n) is 9.73. The van der Waals surface area contributed by atoms with Crippen LogP contribution in [-0.2, 0) is 11.3 Å². The predicted molar refractivity (Wildman–Crippen MR) is 149 cm³/mol. The number of aryl methyl sites for hydroxylation is 1. The standard InChI is InChI=1S/C29H29ClN4O4/c1-32(2)13-14-33(3)24(35)11-12-34-22-10-9-17(38-4)15-20(22)25-23(34)16-19(18-7-5-6-8-21(18)30)26-27(25)29(37)31-28(26)36/h5-10,15-16H,11-14H2,1-4H3,(H,31,36,37). The Bertz CT molecular complexity index is 1610. The molecule has 0 bridgehead atoms. The number of fused-ring (bicyclic) bond motifs is 5. The first-order chi connectivity index (χ1) is 18.2. The van der Waals surface area contributed by atoms with E-state index in [1.54, 1.807) is 25.1 Å². The SMILES string of the molecule is COc1ccc2c(c1)c1c3c(c(-c4ccccc4Cl)cc1n2CCC(=O)N(C)CCN(C)C)C(=O)NC3=O. The number of halogens is 1. The Kier molecular flexibility index (Phi) is 6.86. The molecule has 1 aromatic heterocycles. The molecule has 0 spiro atoms. The zero-order chi connectivity index (χ0) is 27.1. The van der Waals surface area contributed by atoms with Crippen LogP contribution in [0.3, 0.4) is 0 Å². The summed E-state index contributed by atoms with van der Waals surface area (Å²) in [5.74, 6) is -0.256. The van der Waals surface area contributed by atoms with Crippen molar-refractivity contribution in [3.63, 3.8) is 0 Å². The molecular weight excluding hydrogens is 504 g/mol. The van der Waals surface area contributed by atoms with Gasteiger partial charge in [-0.2, -0.15) is 0 Å². The van der Waals surface area contributed by atoms with E-state index in [0.717, 1.165) is 23.0 Å². The minimum Gasteiger partial charge on any atom is -0.497 e. The van der Waals surface area contributed by atoms with Crippen LogP contribution < -0.4 is 10.1 Å². The molecule has 2 heterocycles. The van der Waals surface area contributed by atoms with Gasteiger partial charge in [-0.25, -0.2) is 0 Å². The third-order valence-corrected chi connectivity index (χ3v) is 7.39. The van der Waals surface area contributed by atoms with E-state index in [-0.39, 0.29) is 12.3 Å². The highest BCUT2D eigenvalue weighted by molar-refractivity contribution is 6.36. The molecular formula is C29H29ClN4O4. The highest BCUT2D eigenvalue weighted by Gasteiger charge is 2.35. The predicted octanol–water partition coefficient (Wildman–Crippen LogP) is 4.42. The number of likely N-dealkylation sites (N-methyl/N-ethyl adjacent to an activating group) is 2. The van der Waals surface area contributed by atoms with E-state index in [9.17, 15) is 14.4 Å². The molecule has 8 nitrogen and oxygen atoms in total. The molecule has 5 rings (SSSR count). The molecule has 0 radical (unpaired) electrons. The lowest BCUT2D eigenvalue weighted by molar-refractivity contribution is -0.130. The summed E-state index contributed by atoms with van der Waals surface area (Å²) < 4.78 is 7.51. The fraction of sp³-hybridized carbons (Fsp3) is 0.276. The summed E-state index contributed by atoms with van der Waals surface area (Å²) in [5.41, 5.74) is 3.44. The Morgan fingerprint density at radius 1 is 0.947 bits per heavy atom. The Morgan fingerprint density at radius 2 is 1.68 bits per heavy atom. The van der Waals surface area contributed by atoms with Crippen molar-refractivity contribution >= 4 is 51.1 Å². The quantitative estimate of drug-likeness (QED) is 0.340. The van der Waals surface area contributed by atoms with Gasteiger partial charge in [-0.3, -0.25) is 19.7 Å². The monoisotopic (exact) mass is 532 g/mol. The minimum atomic E-state index is -0.455. The van der Waals surface area contributed by atoms with E-state index in [1.807, 2.05) is 66.0 Å². The summed E-state index contributed by atoms with van der Waals surface area (Å²) in [6.07, 6.45) is 0.276. The number of nitrogens with one attached hydrogen (secondary N) is 1. The number of carbonyl (C=O) groups is 3. The van der Waals surface area contributed by atoms with Crippen LogP contribution in [0.4, 0.5) is 0 Å². The molecule has 38 heavy (non-hydrogen) atoms. The van der Waals surface area contributed by atoms with Gasteiger partial charge in [-0.15, -0.1) is 0 Å². The van der Waals surface area contributed by atoms with Crippen molar-refractivity contribution in [3.05, 3.63) is 64.7 Å². The maximum atomic E-state index is 13.2. The fourth-order valence-electron chi connectivity index (χ4n) is 5.06. The van der Waals surface area contributed by atoms with Crippen LogP contribution in [0.5, 0.6) is 5.75 Å². The van der Waals surface area contributed by atoms with E-state index < -0.39 is 11.8 Å². The van der Waals surface area contributed by atoms with Gasteiger partial charge in [0.2, 0.25) is 5.91 Å². The van der Waals surface area contributed by atoms with Gasteiger partial charge in [0.25, 0.3) is 11.8 Å². The van der Waals surface area contributed by atoms with E-state index in [1.165, 1.54) is 0 Å². The maximum absolute atomic E-state index is 13.2. The highest BCUT2D eigenvalue weighted by atomic mass is 35.5. The molecule has 0 saturated carbocycles. The van der Waals surface area contributed by atoms with Crippen LogP contribution >= 0.6 is 11.6 Å². The topological polar surface area (TPSA) is 83.9 Å². The Balaban J connectivity index is 1.72.